The summed E-state index contributed by atoms with van der Waals surface area (Å²) in [6.45, 7) is 0.332. The van der Waals surface area contributed by atoms with Crippen LogP contribution < -0.4 is 11.5 Å². The number of rotatable bonds is 2. The van der Waals surface area contributed by atoms with Crippen molar-refractivity contribution in [2.45, 2.75) is 20.5 Å². The second kappa shape index (κ2) is 4.33. The Labute approximate surface area is 112 Å². The molecule has 0 radical (unpaired) electrons. The minimum absolute atomic E-state index is 0. The number of hydrogen-bond donors (Lipinski definition) is 2. The minimum atomic E-state index is -1.07. The fourth-order valence-electron chi connectivity index (χ4n) is 1.42. The van der Waals surface area contributed by atoms with Gasteiger partial charge in [0.15, 0.2) is 0 Å². The summed E-state index contributed by atoms with van der Waals surface area (Å²) in [5.41, 5.74) is 10.9. The van der Waals surface area contributed by atoms with Crippen LogP contribution >= 0.6 is 46.4 Å². The summed E-state index contributed by atoms with van der Waals surface area (Å²) in [7, 11) is 0. The third kappa shape index (κ3) is 1.89. The molecule has 0 aromatic carbocycles. The van der Waals surface area contributed by atoms with E-state index in [0.29, 0.717) is 6.42 Å². The average molecular weight is 447 g/mol. The van der Waals surface area contributed by atoms with Crippen LogP contribution in [0.2, 0.25) is 0 Å². The summed E-state index contributed by atoms with van der Waals surface area (Å²) in [6.07, 6.45) is 0.363. The zero-order valence-corrected chi connectivity index (χ0v) is 11.9. The van der Waals surface area contributed by atoms with Gasteiger partial charge in [0, 0.05) is 40.6 Å². The molecule has 1 aliphatic carbocycles. The molecule has 1 aliphatic rings. The molecule has 2 atom stereocenters. The summed E-state index contributed by atoms with van der Waals surface area (Å²) in [5, 5.41) is 0. The summed E-state index contributed by atoms with van der Waals surface area (Å²) in [6, 6.07) is 0. The smallest absolute Gasteiger partial charge is 0.142 e. The molecule has 0 spiro atoms. The van der Waals surface area contributed by atoms with Crippen LogP contribution in [0.3, 0.4) is 0 Å². The summed E-state index contributed by atoms with van der Waals surface area (Å²) in [5.74, 6) is 0. The van der Waals surface area contributed by atoms with Crippen LogP contribution in [0.4, 0.5) is 0 Å². The van der Waals surface area contributed by atoms with E-state index in [0.717, 1.165) is 0 Å². The molecule has 1 rings (SSSR count). The SMILES string of the molecule is NCC1(Cl)CC(Cl)(Cl)C1(Cl)CN.[Pt]. The number of hydrogen-bond acceptors (Lipinski definition) is 2. The van der Waals surface area contributed by atoms with Crippen molar-refractivity contribution in [3.63, 3.8) is 0 Å². The van der Waals surface area contributed by atoms with E-state index in [9.17, 15) is 0 Å². The van der Waals surface area contributed by atoms with Crippen molar-refractivity contribution in [1.29, 1.82) is 0 Å². The third-order valence-corrected chi connectivity index (χ3v) is 5.05. The van der Waals surface area contributed by atoms with Crippen molar-refractivity contribution < 1.29 is 21.1 Å². The first-order chi connectivity index (χ1) is 5.33. The molecule has 0 heterocycles. The zero-order chi connectivity index (χ0) is 9.62. The van der Waals surface area contributed by atoms with Gasteiger partial charge >= 0.3 is 0 Å². The summed E-state index contributed by atoms with van der Waals surface area (Å²) < 4.78 is -1.07. The monoisotopic (exact) mass is 445 g/mol. The fraction of sp³-hybridized carbons (Fsp3) is 1.00. The van der Waals surface area contributed by atoms with Crippen LogP contribution in [0.15, 0.2) is 0 Å². The van der Waals surface area contributed by atoms with Crippen molar-refractivity contribution in [3.05, 3.63) is 0 Å². The Morgan fingerprint density at radius 1 is 1.00 bits per heavy atom. The maximum absolute atomic E-state index is 6.09. The first kappa shape index (κ1) is 14.8. The van der Waals surface area contributed by atoms with Crippen LogP contribution in [0.5, 0.6) is 0 Å². The van der Waals surface area contributed by atoms with Gasteiger partial charge in [-0.05, 0) is 0 Å². The predicted molar refractivity (Wildman–Crippen MR) is 54.3 cm³/mol. The summed E-state index contributed by atoms with van der Waals surface area (Å²) >= 11 is 23.9. The van der Waals surface area contributed by atoms with Crippen molar-refractivity contribution in [2.24, 2.45) is 11.5 Å². The van der Waals surface area contributed by atoms with E-state index in [2.05, 4.69) is 0 Å². The van der Waals surface area contributed by atoms with Gasteiger partial charge in [-0.25, -0.2) is 0 Å². The largest absolute Gasteiger partial charge is 0.329 e. The quantitative estimate of drug-likeness (QED) is 0.630. The molecule has 0 bridgehead atoms. The van der Waals surface area contributed by atoms with E-state index in [4.69, 9.17) is 57.9 Å². The van der Waals surface area contributed by atoms with Gasteiger partial charge in [0.05, 0.1) is 4.87 Å². The first-order valence-corrected chi connectivity index (χ1v) is 5.00. The Hall–Kier alpha value is 1.77. The molecule has 0 saturated heterocycles. The zero-order valence-electron chi connectivity index (χ0n) is 6.60. The maximum atomic E-state index is 6.09. The Morgan fingerprint density at radius 2 is 1.46 bits per heavy atom. The molecule has 0 aliphatic heterocycles. The van der Waals surface area contributed by atoms with Gasteiger partial charge < -0.3 is 11.5 Å². The topological polar surface area (TPSA) is 52.0 Å². The van der Waals surface area contributed by atoms with Crippen molar-refractivity contribution >= 4 is 46.4 Å². The van der Waals surface area contributed by atoms with Gasteiger partial charge in [-0.2, -0.15) is 0 Å². The predicted octanol–water partition coefficient (Wildman–Crippen LogP) is 1.43. The molecule has 7 heteroatoms. The fourth-order valence-corrected chi connectivity index (χ4v) is 3.27. The molecular weight excluding hydrogens is 437 g/mol. The van der Waals surface area contributed by atoms with E-state index in [1.165, 1.54) is 0 Å². The molecule has 82 valence electrons. The van der Waals surface area contributed by atoms with Gasteiger partial charge in [-0.3, -0.25) is 0 Å². The van der Waals surface area contributed by atoms with E-state index in [1.54, 1.807) is 0 Å². The molecule has 1 saturated carbocycles. The standard InChI is InChI=1S/C6H10Cl4N2.Pt/c7-4(2-11)1-6(9,10)5(4,8)3-12;/h1-3,11-12H2;. The summed E-state index contributed by atoms with van der Waals surface area (Å²) in [4.78, 5) is -1.79. The normalized spacial score (nSPS) is 42.0. The Bertz CT molecular complexity index is 203. The van der Waals surface area contributed by atoms with Crippen LogP contribution in [0, 0.1) is 0 Å². The average Bonchev–Trinajstić information content (AvgIpc) is 2.01. The maximum Gasteiger partial charge on any atom is 0.142 e. The molecule has 0 aromatic rings. The third-order valence-electron chi connectivity index (χ3n) is 2.40. The Balaban J connectivity index is 0.00000144. The van der Waals surface area contributed by atoms with Gasteiger partial charge in [-0.15, -0.1) is 23.2 Å². The van der Waals surface area contributed by atoms with Gasteiger partial charge in [0.2, 0.25) is 0 Å². The molecule has 1 fully saturated rings. The molecule has 0 amide bonds. The van der Waals surface area contributed by atoms with Crippen LogP contribution in [-0.2, 0) is 21.1 Å². The molecular formula is C6H10Cl4N2Pt. The molecule has 2 unspecified atom stereocenters. The minimum Gasteiger partial charge on any atom is -0.329 e. The molecule has 2 nitrogen and oxygen atoms in total. The van der Waals surface area contributed by atoms with Crippen LogP contribution in [0.25, 0.3) is 0 Å². The van der Waals surface area contributed by atoms with Crippen molar-refractivity contribution in [3.8, 4) is 0 Å². The van der Waals surface area contributed by atoms with Crippen LogP contribution in [0.1, 0.15) is 6.42 Å². The van der Waals surface area contributed by atoms with Gasteiger partial charge in [0.1, 0.15) is 9.21 Å². The molecule has 0 aromatic heterocycles. The number of nitrogens with two attached hydrogens (primary N) is 2. The van der Waals surface area contributed by atoms with Crippen molar-refractivity contribution in [2.75, 3.05) is 13.1 Å². The van der Waals surface area contributed by atoms with Gasteiger partial charge in [0.25, 0.3) is 0 Å². The Kier molecular flexibility index (Phi) is 4.92. The van der Waals surface area contributed by atoms with E-state index < -0.39 is 14.1 Å². The van der Waals surface area contributed by atoms with Crippen LogP contribution in [-0.4, -0.2) is 27.2 Å². The number of halogens is 4. The second-order valence-electron chi connectivity index (χ2n) is 3.06. The first-order valence-electron chi connectivity index (χ1n) is 3.49. The Morgan fingerprint density at radius 3 is 1.62 bits per heavy atom. The molecule has 13 heavy (non-hydrogen) atoms. The van der Waals surface area contributed by atoms with E-state index >= 15 is 0 Å². The van der Waals surface area contributed by atoms with E-state index in [1.807, 2.05) is 0 Å². The second-order valence-corrected chi connectivity index (χ2v) is 5.91. The van der Waals surface area contributed by atoms with Gasteiger partial charge in [-0.1, -0.05) is 23.2 Å². The molecule has 4 N–H and O–H groups in total. The van der Waals surface area contributed by atoms with Crippen molar-refractivity contribution in [1.82, 2.24) is 0 Å². The van der Waals surface area contributed by atoms with E-state index in [-0.39, 0.29) is 34.2 Å². The number of alkyl halides is 4.